The Morgan fingerprint density at radius 2 is 1.39 bits per heavy atom. The molecule has 2 aromatic rings. The van der Waals surface area contributed by atoms with E-state index in [1.807, 2.05) is 0 Å². The fraction of sp³-hybridized carbons (Fsp3) is 0.316. The lowest BCUT2D eigenvalue weighted by Crippen LogP contribution is -2.15. The third kappa shape index (κ3) is 6.87. The first kappa shape index (κ1) is 22.3. The SMILES string of the molecule is COC(/C=N/c1ccc(C(F)(F)F)cc1)CSCc1ccc(C(F)(F)F)cc1. The van der Waals surface area contributed by atoms with E-state index in [0.717, 1.165) is 29.8 Å². The zero-order valence-electron chi connectivity index (χ0n) is 14.7. The van der Waals surface area contributed by atoms with Crippen molar-refractivity contribution in [2.75, 3.05) is 12.9 Å². The number of thioether (sulfide) groups is 1. The van der Waals surface area contributed by atoms with Crippen molar-refractivity contribution in [1.29, 1.82) is 0 Å². The first-order chi connectivity index (χ1) is 13.1. The molecular weight excluding hydrogens is 404 g/mol. The van der Waals surface area contributed by atoms with Gasteiger partial charge in [-0.1, -0.05) is 12.1 Å². The molecular formula is C19H17F6NOS. The topological polar surface area (TPSA) is 21.6 Å². The lowest BCUT2D eigenvalue weighted by atomic mass is 10.1. The molecule has 0 aromatic heterocycles. The van der Waals surface area contributed by atoms with Gasteiger partial charge in [0.15, 0.2) is 0 Å². The molecule has 0 bridgehead atoms. The van der Waals surface area contributed by atoms with Crippen molar-refractivity contribution in [2.45, 2.75) is 24.2 Å². The summed E-state index contributed by atoms with van der Waals surface area (Å²) in [5, 5.41) is 0. The third-order valence-electron chi connectivity index (χ3n) is 3.72. The summed E-state index contributed by atoms with van der Waals surface area (Å²) in [5.74, 6) is 0.980. The Bertz CT molecular complexity index is 769. The first-order valence-electron chi connectivity index (χ1n) is 8.07. The molecule has 0 spiro atoms. The highest BCUT2D eigenvalue weighted by atomic mass is 32.2. The van der Waals surface area contributed by atoms with E-state index < -0.39 is 23.5 Å². The minimum Gasteiger partial charge on any atom is -0.375 e. The van der Waals surface area contributed by atoms with Crippen molar-refractivity contribution in [3.05, 3.63) is 65.2 Å². The minimum absolute atomic E-state index is 0.364. The molecule has 0 aliphatic heterocycles. The average Bonchev–Trinajstić information content (AvgIpc) is 2.64. The second-order valence-corrected chi connectivity index (χ2v) is 6.84. The molecule has 0 heterocycles. The number of nitrogens with zero attached hydrogens (tertiary/aromatic N) is 1. The van der Waals surface area contributed by atoms with Crippen LogP contribution in [0, 0.1) is 0 Å². The van der Waals surface area contributed by atoms with Crippen LogP contribution < -0.4 is 0 Å². The van der Waals surface area contributed by atoms with E-state index in [9.17, 15) is 26.3 Å². The molecule has 0 N–H and O–H groups in total. The van der Waals surface area contributed by atoms with Gasteiger partial charge in [0.1, 0.15) is 6.10 Å². The normalized spacial score (nSPS) is 13.8. The summed E-state index contributed by atoms with van der Waals surface area (Å²) in [7, 11) is 1.47. The van der Waals surface area contributed by atoms with Crippen molar-refractivity contribution in [3.63, 3.8) is 0 Å². The number of ether oxygens (including phenoxy) is 1. The largest absolute Gasteiger partial charge is 0.416 e. The Kier molecular flexibility index (Phi) is 7.54. The molecule has 9 heteroatoms. The van der Waals surface area contributed by atoms with Gasteiger partial charge in [0.2, 0.25) is 0 Å². The molecule has 0 amide bonds. The Balaban J connectivity index is 1.86. The van der Waals surface area contributed by atoms with Gasteiger partial charge < -0.3 is 4.74 Å². The van der Waals surface area contributed by atoms with Gasteiger partial charge in [-0.2, -0.15) is 38.1 Å². The van der Waals surface area contributed by atoms with Crippen LogP contribution in [-0.2, 0) is 22.8 Å². The maximum Gasteiger partial charge on any atom is 0.416 e. The van der Waals surface area contributed by atoms with E-state index in [0.29, 0.717) is 17.2 Å². The smallest absolute Gasteiger partial charge is 0.375 e. The number of aliphatic imine (C=N–C) groups is 1. The molecule has 2 nitrogen and oxygen atoms in total. The molecule has 2 aromatic carbocycles. The van der Waals surface area contributed by atoms with Crippen molar-refractivity contribution in [3.8, 4) is 0 Å². The fourth-order valence-corrected chi connectivity index (χ4v) is 3.16. The highest BCUT2D eigenvalue weighted by molar-refractivity contribution is 7.98. The first-order valence-corrected chi connectivity index (χ1v) is 9.23. The second kappa shape index (κ2) is 9.47. The number of alkyl halides is 6. The zero-order chi connectivity index (χ0) is 20.8. The van der Waals surface area contributed by atoms with E-state index in [4.69, 9.17) is 4.74 Å². The summed E-state index contributed by atoms with van der Waals surface area (Å²) >= 11 is 1.45. The van der Waals surface area contributed by atoms with E-state index >= 15 is 0 Å². The Morgan fingerprint density at radius 1 is 0.893 bits per heavy atom. The number of rotatable bonds is 7. The lowest BCUT2D eigenvalue weighted by Gasteiger charge is -2.11. The van der Waals surface area contributed by atoms with Crippen molar-refractivity contribution >= 4 is 23.7 Å². The maximum atomic E-state index is 12.5. The zero-order valence-corrected chi connectivity index (χ0v) is 15.5. The van der Waals surface area contributed by atoms with Crippen LogP contribution in [0.4, 0.5) is 32.0 Å². The van der Waals surface area contributed by atoms with Crippen molar-refractivity contribution in [1.82, 2.24) is 0 Å². The van der Waals surface area contributed by atoms with Crippen LogP contribution in [0.25, 0.3) is 0 Å². The molecule has 0 fully saturated rings. The molecule has 0 aliphatic carbocycles. The van der Waals surface area contributed by atoms with Crippen molar-refractivity contribution in [2.24, 2.45) is 4.99 Å². The molecule has 1 unspecified atom stereocenters. The monoisotopic (exact) mass is 421 g/mol. The van der Waals surface area contributed by atoms with Crippen LogP contribution in [0.1, 0.15) is 16.7 Å². The number of hydrogen-bond donors (Lipinski definition) is 0. The highest BCUT2D eigenvalue weighted by Gasteiger charge is 2.30. The van der Waals surface area contributed by atoms with Crippen LogP contribution in [0.3, 0.4) is 0 Å². The Labute approximate surface area is 162 Å². The van der Waals surface area contributed by atoms with Gasteiger partial charge in [0.05, 0.1) is 16.8 Å². The number of methoxy groups -OCH3 is 1. The lowest BCUT2D eigenvalue weighted by molar-refractivity contribution is -0.138. The van der Waals surface area contributed by atoms with Gasteiger partial charge >= 0.3 is 12.4 Å². The predicted molar refractivity (Wildman–Crippen MR) is 98.0 cm³/mol. The number of halogens is 6. The van der Waals surface area contributed by atoms with Crippen LogP contribution in [0.2, 0.25) is 0 Å². The maximum absolute atomic E-state index is 12.5. The summed E-state index contributed by atoms with van der Waals surface area (Å²) in [5.41, 5.74) is -0.336. The van der Waals surface area contributed by atoms with Crippen LogP contribution in [0.5, 0.6) is 0 Å². The quantitative estimate of drug-likeness (QED) is 0.382. The van der Waals surface area contributed by atoms with Gasteiger partial charge in [-0.25, -0.2) is 0 Å². The average molecular weight is 421 g/mol. The van der Waals surface area contributed by atoms with Crippen LogP contribution >= 0.6 is 11.8 Å². The van der Waals surface area contributed by atoms with Crippen LogP contribution in [0.15, 0.2) is 53.5 Å². The molecule has 0 saturated heterocycles. The molecule has 2 rings (SSSR count). The van der Waals surface area contributed by atoms with E-state index in [2.05, 4.69) is 4.99 Å². The number of benzene rings is 2. The van der Waals surface area contributed by atoms with E-state index in [-0.39, 0.29) is 6.10 Å². The minimum atomic E-state index is -4.40. The Morgan fingerprint density at radius 3 is 1.86 bits per heavy atom. The van der Waals surface area contributed by atoms with Gasteiger partial charge in [0.25, 0.3) is 0 Å². The summed E-state index contributed by atoms with van der Waals surface area (Å²) < 4.78 is 80.5. The molecule has 0 aliphatic rings. The fourth-order valence-electron chi connectivity index (χ4n) is 2.16. The highest BCUT2D eigenvalue weighted by Crippen LogP contribution is 2.31. The predicted octanol–water partition coefficient (Wildman–Crippen LogP) is 6.37. The molecule has 1 atom stereocenters. The summed E-state index contributed by atoms with van der Waals surface area (Å²) in [6.07, 6.45) is -7.65. The van der Waals surface area contributed by atoms with Gasteiger partial charge in [-0.05, 0) is 42.0 Å². The van der Waals surface area contributed by atoms with Crippen LogP contribution in [-0.4, -0.2) is 25.2 Å². The summed E-state index contributed by atoms with van der Waals surface area (Å²) in [4.78, 5) is 4.11. The number of hydrogen-bond acceptors (Lipinski definition) is 3. The molecule has 28 heavy (non-hydrogen) atoms. The van der Waals surface area contributed by atoms with Crippen molar-refractivity contribution < 1.29 is 31.1 Å². The molecule has 0 radical (unpaired) electrons. The van der Waals surface area contributed by atoms with E-state index in [1.54, 1.807) is 0 Å². The Hall–Kier alpha value is -2.00. The van der Waals surface area contributed by atoms with Gasteiger partial charge in [-0.3, -0.25) is 4.99 Å². The van der Waals surface area contributed by atoms with Gasteiger partial charge in [-0.15, -0.1) is 0 Å². The molecule has 0 saturated carbocycles. The van der Waals surface area contributed by atoms with Gasteiger partial charge in [0, 0.05) is 24.8 Å². The summed E-state index contributed by atoms with van der Waals surface area (Å²) in [6.45, 7) is 0. The van der Waals surface area contributed by atoms with E-state index in [1.165, 1.54) is 49.4 Å². The standard InChI is InChI=1S/C19H17F6NOS/c1-27-17(10-26-16-8-6-15(7-9-16)19(23,24)25)12-28-11-13-2-4-14(5-3-13)18(20,21)22/h2-10,17H,11-12H2,1H3/b26-10+. The summed E-state index contributed by atoms with van der Waals surface area (Å²) in [6, 6.07) is 9.36. The third-order valence-corrected chi connectivity index (χ3v) is 4.82. The second-order valence-electron chi connectivity index (χ2n) is 5.81. The molecule has 152 valence electrons.